The molecule has 0 bridgehead atoms. The minimum Gasteiger partial charge on any atom is -0.444 e. The lowest BCUT2D eigenvalue weighted by Crippen LogP contribution is -2.19. The van der Waals surface area contributed by atoms with Crippen LogP contribution in [0.25, 0.3) is 0 Å². The molecule has 2 aromatic rings. The lowest BCUT2D eigenvalue weighted by atomic mass is 9.76. The molecule has 3 heteroatoms. The summed E-state index contributed by atoms with van der Waals surface area (Å²) in [7, 11) is 0. The van der Waals surface area contributed by atoms with Crippen molar-refractivity contribution < 1.29 is 4.42 Å². The van der Waals surface area contributed by atoms with Crippen LogP contribution in [0.3, 0.4) is 0 Å². The van der Waals surface area contributed by atoms with Crippen molar-refractivity contribution in [2.75, 3.05) is 6.54 Å². The van der Waals surface area contributed by atoms with Crippen molar-refractivity contribution in [1.29, 1.82) is 0 Å². The van der Waals surface area contributed by atoms with Crippen LogP contribution in [0.1, 0.15) is 42.5 Å². The van der Waals surface area contributed by atoms with E-state index in [1.165, 1.54) is 11.1 Å². The normalized spacial score (nSPS) is 17.3. The third-order valence-corrected chi connectivity index (χ3v) is 3.60. The Morgan fingerprint density at radius 2 is 2.21 bits per heavy atom. The molecule has 1 aromatic heterocycles. The van der Waals surface area contributed by atoms with Crippen LogP contribution in [-0.4, -0.2) is 11.5 Å². The lowest BCUT2D eigenvalue weighted by molar-refractivity contribution is 0.406. The van der Waals surface area contributed by atoms with Gasteiger partial charge in [0.05, 0.1) is 12.7 Å². The maximum atomic E-state index is 5.85. The summed E-state index contributed by atoms with van der Waals surface area (Å²) in [6, 6.07) is 8.55. The number of aromatic nitrogens is 1. The highest BCUT2D eigenvalue weighted by Crippen LogP contribution is 2.39. The van der Waals surface area contributed by atoms with Gasteiger partial charge in [-0.2, -0.15) is 0 Å². The van der Waals surface area contributed by atoms with Gasteiger partial charge < -0.3 is 9.73 Å². The van der Waals surface area contributed by atoms with Gasteiger partial charge in [-0.3, -0.25) is 0 Å². The highest BCUT2D eigenvalue weighted by Gasteiger charge is 2.29. The van der Waals surface area contributed by atoms with Crippen LogP contribution < -0.4 is 5.32 Å². The van der Waals surface area contributed by atoms with Gasteiger partial charge >= 0.3 is 0 Å². The molecule has 1 heterocycles. The summed E-state index contributed by atoms with van der Waals surface area (Å²) in [5.41, 5.74) is 2.82. The molecule has 0 saturated heterocycles. The van der Waals surface area contributed by atoms with Crippen molar-refractivity contribution in [1.82, 2.24) is 10.3 Å². The predicted octanol–water partition coefficient (Wildman–Crippen LogP) is 3.11. The van der Waals surface area contributed by atoms with Crippen molar-refractivity contribution >= 4 is 0 Å². The van der Waals surface area contributed by atoms with Crippen molar-refractivity contribution in [3.8, 4) is 0 Å². The van der Waals surface area contributed by atoms with Gasteiger partial charge in [0, 0.05) is 5.92 Å². The second kappa shape index (κ2) is 5.17. The van der Waals surface area contributed by atoms with E-state index in [9.17, 15) is 0 Å². The van der Waals surface area contributed by atoms with E-state index in [0.717, 1.165) is 24.6 Å². The second-order valence-corrected chi connectivity index (χ2v) is 5.64. The molecule has 3 nitrogen and oxygen atoms in total. The highest BCUT2D eigenvalue weighted by atomic mass is 16.4. The van der Waals surface area contributed by atoms with E-state index in [-0.39, 0.29) is 0 Å². The number of rotatable bonds is 5. The molecule has 100 valence electrons. The minimum atomic E-state index is 0.405. The zero-order valence-electron chi connectivity index (χ0n) is 11.5. The number of hydrogen-bond donors (Lipinski definition) is 1. The Labute approximate surface area is 114 Å². The molecule has 3 rings (SSSR count). The van der Waals surface area contributed by atoms with Crippen molar-refractivity contribution in [2.45, 2.75) is 32.7 Å². The van der Waals surface area contributed by atoms with Gasteiger partial charge in [0.2, 0.25) is 5.89 Å². The van der Waals surface area contributed by atoms with Gasteiger partial charge in [-0.15, -0.1) is 0 Å². The van der Waals surface area contributed by atoms with Gasteiger partial charge in [-0.05, 0) is 30.0 Å². The van der Waals surface area contributed by atoms with Gasteiger partial charge in [0.15, 0.2) is 0 Å². The summed E-state index contributed by atoms with van der Waals surface area (Å²) in [5, 5.41) is 3.35. The monoisotopic (exact) mass is 256 g/mol. The molecule has 0 fully saturated rings. The number of nitrogens with zero attached hydrogens (tertiary/aromatic N) is 1. The van der Waals surface area contributed by atoms with Crippen LogP contribution in [0.2, 0.25) is 0 Å². The van der Waals surface area contributed by atoms with Crippen LogP contribution in [-0.2, 0) is 13.0 Å². The first-order chi connectivity index (χ1) is 9.24. The molecule has 1 N–H and O–H groups in total. The van der Waals surface area contributed by atoms with Crippen LogP contribution >= 0.6 is 0 Å². The number of benzene rings is 1. The van der Waals surface area contributed by atoms with E-state index >= 15 is 0 Å². The molecule has 19 heavy (non-hydrogen) atoms. The second-order valence-electron chi connectivity index (χ2n) is 5.64. The van der Waals surface area contributed by atoms with E-state index in [2.05, 4.69) is 48.4 Å². The standard InChI is InChI=1S/C16H20N2O/c1-11(2)8-17-10-16-18-9-15(19-16)14-7-12-5-3-4-6-13(12)14/h3-6,9,11,14,17H,7-8,10H2,1-2H3. The quantitative estimate of drug-likeness (QED) is 0.893. The molecule has 0 radical (unpaired) electrons. The molecule has 0 amide bonds. The Morgan fingerprint density at radius 1 is 1.37 bits per heavy atom. The highest BCUT2D eigenvalue weighted by molar-refractivity contribution is 5.44. The average Bonchev–Trinajstić information content (AvgIpc) is 2.79. The van der Waals surface area contributed by atoms with Crippen LogP contribution in [0, 0.1) is 5.92 Å². The molecule has 1 atom stereocenters. The van der Waals surface area contributed by atoms with Gasteiger partial charge in [-0.25, -0.2) is 4.98 Å². The first kappa shape index (κ1) is 12.4. The molecule has 0 saturated carbocycles. The molecule has 1 aromatic carbocycles. The predicted molar refractivity (Wildman–Crippen MR) is 75.0 cm³/mol. The topological polar surface area (TPSA) is 38.1 Å². The van der Waals surface area contributed by atoms with Gasteiger partial charge in [-0.1, -0.05) is 38.1 Å². The maximum Gasteiger partial charge on any atom is 0.208 e. The summed E-state index contributed by atoms with van der Waals surface area (Å²) in [6.45, 7) is 6.09. The van der Waals surface area contributed by atoms with Crippen molar-refractivity contribution in [2.24, 2.45) is 5.92 Å². The average molecular weight is 256 g/mol. The molecule has 1 aliphatic carbocycles. The summed E-state index contributed by atoms with van der Waals surface area (Å²) < 4.78 is 5.85. The molecule has 0 aliphatic heterocycles. The van der Waals surface area contributed by atoms with E-state index in [4.69, 9.17) is 4.42 Å². The molecule has 1 unspecified atom stereocenters. The maximum absolute atomic E-state index is 5.85. The smallest absolute Gasteiger partial charge is 0.208 e. The Hall–Kier alpha value is -1.61. The Kier molecular flexibility index (Phi) is 3.38. The third-order valence-electron chi connectivity index (χ3n) is 3.60. The van der Waals surface area contributed by atoms with E-state index in [0.29, 0.717) is 18.4 Å². The minimum absolute atomic E-state index is 0.405. The first-order valence-corrected chi connectivity index (χ1v) is 6.97. The van der Waals surface area contributed by atoms with E-state index < -0.39 is 0 Å². The SMILES string of the molecule is CC(C)CNCc1ncc(C2Cc3ccccc32)o1. The van der Waals surface area contributed by atoms with Crippen LogP contribution in [0.5, 0.6) is 0 Å². The van der Waals surface area contributed by atoms with Crippen molar-refractivity contribution in [3.63, 3.8) is 0 Å². The fourth-order valence-corrected chi connectivity index (χ4v) is 2.55. The lowest BCUT2D eigenvalue weighted by Gasteiger charge is -2.27. The van der Waals surface area contributed by atoms with Gasteiger partial charge in [0.25, 0.3) is 0 Å². The zero-order valence-corrected chi connectivity index (χ0v) is 11.5. The summed E-state index contributed by atoms with van der Waals surface area (Å²) in [4.78, 5) is 4.36. The zero-order chi connectivity index (χ0) is 13.2. The first-order valence-electron chi connectivity index (χ1n) is 6.97. The number of nitrogens with one attached hydrogen (secondary N) is 1. The summed E-state index contributed by atoms with van der Waals surface area (Å²) >= 11 is 0. The van der Waals surface area contributed by atoms with Gasteiger partial charge in [0.1, 0.15) is 5.76 Å². The number of oxazole rings is 1. The summed E-state index contributed by atoms with van der Waals surface area (Å²) in [6.07, 6.45) is 2.96. The van der Waals surface area contributed by atoms with E-state index in [1.54, 1.807) is 0 Å². The van der Waals surface area contributed by atoms with Crippen LogP contribution in [0.4, 0.5) is 0 Å². The molecule has 1 aliphatic rings. The summed E-state index contributed by atoms with van der Waals surface area (Å²) in [5.74, 6) is 2.84. The number of fused-ring (bicyclic) bond motifs is 1. The molecular formula is C16H20N2O. The fourth-order valence-electron chi connectivity index (χ4n) is 2.55. The molecule has 0 spiro atoms. The Morgan fingerprint density at radius 3 is 3.00 bits per heavy atom. The Balaban J connectivity index is 1.63. The third kappa shape index (κ3) is 2.56. The van der Waals surface area contributed by atoms with Crippen LogP contribution in [0.15, 0.2) is 34.9 Å². The Bertz CT molecular complexity index is 559. The molecular weight excluding hydrogens is 236 g/mol. The largest absolute Gasteiger partial charge is 0.444 e. The van der Waals surface area contributed by atoms with E-state index in [1.807, 2.05) is 6.20 Å². The fraction of sp³-hybridized carbons (Fsp3) is 0.438. The number of hydrogen-bond acceptors (Lipinski definition) is 3. The van der Waals surface area contributed by atoms with Crippen molar-refractivity contribution in [3.05, 3.63) is 53.2 Å².